The van der Waals surface area contributed by atoms with Crippen LogP contribution >= 0.6 is 24.4 Å². The van der Waals surface area contributed by atoms with Crippen LogP contribution < -0.4 is 0 Å². The van der Waals surface area contributed by atoms with Crippen LogP contribution in [-0.2, 0) is 0 Å². The molecule has 0 saturated carbocycles. The van der Waals surface area contributed by atoms with Crippen molar-refractivity contribution in [3.63, 3.8) is 0 Å². The van der Waals surface area contributed by atoms with Crippen molar-refractivity contribution in [1.82, 2.24) is 9.80 Å². The highest BCUT2D eigenvalue weighted by Gasteiger charge is 2.38. The molecule has 0 aromatic heterocycles. The highest BCUT2D eigenvalue weighted by molar-refractivity contribution is 7.83. The minimum absolute atomic E-state index is 0.389. The molecule has 0 radical (unpaired) electrons. The zero-order valence-corrected chi connectivity index (χ0v) is 9.50. The molecule has 68 valence electrons. The van der Waals surface area contributed by atoms with Gasteiger partial charge in [-0.05, 0) is 52.1 Å². The quantitative estimate of drug-likeness (QED) is 0.632. The Balaban J connectivity index is 2.69. The van der Waals surface area contributed by atoms with E-state index < -0.39 is 0 Å². The average molecular weight is 202 g/mol. The molecule has 4 heteroatoms. The van der Waals surface area contributed by atoms with Gasteiger partial charge in [-0.1, -0.05) is 0 Å². The molecule has 1 aliphatic rings. The summed E-state index contributed by atoms with van der Waals surface area (Å²) in [4.78, 5) is 4.01. The Hall–Kier alpha value is -0.220. The predicted molar refractivity (Wildman–Crippen MR) is 59.1 cm³/mol. The molecule has 0 N–H and O–H groups in total. The number of thiocarbonyl (C=S) groups is 2. The van der Waals surface area contributed by atoms with Gasteiger partial charge in [-0.3, -0.25) is 9.80 Å². The van der Waals surface area contributed by atoms with Crippen LogP contribution in [0.4, 0.5) is 0 Å². The van der Waals surface area contributed by atoms with Crippen molar-refractivity contribution >= 4 is 34.7 Å². The van der Waals surface area contributed by atoms with E-state index in [1.54, 1.807) is 0 Å². The van der Waals surface area contributed by atoms with Crippen molar-refractivity contribution in [1.29, 1.82) is 0 Å². The second-order valence-corrected chi connectivity index (χ2v) is 4.22. The summed E-state index contributed by atoms with van der Waals surface area (Å²) in [6.45, 7) is 8.37. The highest BCUT2D eigenvalue weighted by atomic mass is 32.1. The first kappa shape index (κ1) is 9.86. The molecule has 0 unspecified atom stereocenters. The Kier molecular flexibility index (Phi) is 2.68. The van der Waals surface area contributed by atoms with E-state index in [4.69, 9.17) is 24.4 Å². The maximum atomic E-state index is 5.22. The maximum absolute atomic E-state index is 5.22. The van der Waals surface area contributed by atoms with Gasteiger partial charge in [0, 0.05) is 12.1 Å². The summed E-state index contributed by atoms with van der Waals surface area (Å²) in [5.74, 6) is 0. The average Bonchev–Trinajstić information content (AvgIpc) is 1.84. The minimum atomic E-state index is 0.389. The number of nitrogens with zero attached hydrogens (tertiary/aromatic N) is 2. The molecule has 0 amide bonds. The molecule has 0 aromatic rings. The van der Waals surface area contributed by atoms with Gasteiger partial charge in [0.2, 0.25) is 0 Å². The zero-order chi connectivity index (χ0) is 9.46. The summed E-state index contributed by atoms with van der Waals surface area (Å²) in [7, 11) is 0. The summed E-state index contributed by atoms with van der Waals surface area (Å²) in [5, 5.41) is 1.73. The molecule has 0 aromatic carbocycles. The van der Waals surface area contributed by atoms with E-state index in [-0.39, 0.29) is 0 Å². The lowest BCUT2D eigenvalue weighted by Gasteiger charge is -2.49. The van der Waals surface area contributed by atoms with Gasteiger partial charge >= 0.3 is 0 Å². The van der Waals surface area contributed by atoms with Crippen LogP contribution in [0.2, 0.25) is 0 Å². The Bertz CT molecular complexity index is 187. The van der Waals surface area contributed by atoms with Crippen molar-refractivity contribution in [2.24, 2.45) is 0 Å². The van der Waals surface area contributed by atoms with Crippen LogP contribution in [-0.4, -0.2) is 32.1 Å². The van der Waals surface area contributed by atoms with Crippen molar-refractivity contribution in [3.05, 3.63) is 0 Å². The van der Waals surface area contributed by atoms with Gasteiger partial charge in [0.1, 0.15) is 0 Å². The van der Waals surface area contributed by atoms with Gasteiger partial charge in [0.15, 0.2) is 10.2 Å². The van der Waals surface area contributed by atoms with Crippen LogP contribution in [0.3, 0.4) is 0 Å². The second kappa shape index (κ2) is 3.26. The summed E-state index contributed by atoms with van der Waals surface area (Å²) in [6, 6.07) is 0.778. The first-order chi connectivity index (χ1) is 5.46. The zero-order valence-electron chi connectivity index (χ0n) is 7.87. The lowest BCUT2D eigenvalue weighted by atomic mass is 10.2. The molecule has 2 nitrogen and oxygen atoms in total. The number of rotatable bonds is 2. The topological polar surface area (TPSA) is 6.48 Å². The van der Waals surface area contributed by atoms with E-state index in [9.17, 15) is 0 Å². The summed E-state index contributed by atoms with van der Waals surface area (Å²) < 4.78 is 0. The summed E-state index contributed by atoms with van der Waals surface area (Å²) in [5.41, 5.74) is 0. The van der Waals surface area contributed by atoms with Crippen molar-refractivity contribution < 1.29 is 0 Å². The molecule has 1 fully saturated rings. The molecule has 1 saturated heterocycles. The minimum Gasteiger partial charge on any atom is -0.292 e. The monoisotopic (exact) mass is 202 g/mol. The van der Waals surface area contributed by atoms with Crippen LogP contribution in [0.25, 0.3) is 0 Å². The number of hydrogen-bond acceptors (Lipinski definition) is 2. The SMILES string of the molecule is CC(C)N1C(=S)N(C(C)C)C1=S. The Labute approximate surface area is 84.5 Å². The van der Waals surface area contributed by atoms with E-state index in [0.717, 1.165) is 10.2 Å². The third-order valence-corrected chi connectivity index (χ3v) is 2.64. The fraction of sp³-hybridized carbons (Fsp3) is 0.750. The molecule has 1 rings (SSSR count). The lowest BCUT2D eigenvalue weighted by Crippen LogP contribution is -2.67. The van der Waals surface area contributed by atoms with Crippen LogP contribution in [0.5, 0.6) is 0 Å². The summed E-state index contributed by atoms with van der Waals surface area (Å²) >= 11 is 10.4. The smallest absolute Gasteiger partial charge is 0.184 e. The van der Waals surface area contributed by atoms with Gasteiger partial charge in [-0.2, -0.15) is 0 Å². The van der Waals surface area contributed by atoms with Gasteiger partial charge < -0.3 is 0 Å². The van der Waals surface area contributed by atoms with Crippen molar-refractivity contribution in [3.8, 4) is 0 Å². The molecule has 0 atom stereocenters. The highest BCUT2D eigenvalue weighted by Crippen LogP contribution is 2.22. The van der Waals surface area contributed by atoms with E-state index in [1.165, 1.54) is 0 Å². The molecule has 0 bridgehead atoms. The van der Waals surface area contributed by atoms with E-state index in [0.29, 0.717) is 12.1 Å². The molecule has 1 aliphatic heterocycles. The third kappa shape index (κ3) is 1.33. The van der Waals surface area contributed by atoms with Gasteiger partial charge in [-0.15, -0.1) is 0 Å². The fourth-order valence-electron chi connectivity index (χ4n) is 1.23. The van der Waals surface area contributed by atoms with E-state index in [2.05, 4.69) is 27.7 Å². The normalized spacial score (nSPS) is 17.8. The van der Waals surface area contributed by atoms with Gasteiger partial charge in [0.05, 0.1) is 0 Å². The lowest BCUT2D eigenvalue weighted by molar-refractivity contribution is 0.313. The maximum Gasteiger partial charge on any atom is 0.184 e. The molecule has 0 spiro atoms. The van der Waals surface area contributed by atoms with Crippen LogP contribution in [0, 0.1) is 0 Å². The van der Waals surface area contributed by atoms with Gasteiger partial charge in [-0.25, -0.2) is 0 Å². The van der Waals surface area contributed by atoms with Crippen LogP contribution in [0.15, 0.2) is 0 Å². The Morgan fingerprint density at radius 2 is 1.08 bits per heavy atom. The number of hydrogen-bond donors (Lipinski definition) is 0. The fourth-order valence-corrected chi connectivity index (χ4v) is 2.54. The van der Waals surface area contributed by atoms with Crippen molar-refractivity contribution in [2.75, 3.05) is 0 Å². The van der Waals surface area contributed by atoms with Crippen molar-refractivity contribution in [2.45, 2.75) is 39.8 Å². The molecule has 12 heavy (non-hydrogen) atoms. The standard InChI is InChI=1S/C8H14N2S2/c1-5(2)9-7(11)10(6(3)4)8(9)12/h5-6H,1-4H3. The first-order valence-electron chi connectivity index (χ1n) is 4.13. The molecular weight excluding hydrogens is 188 g/mol. The molecule has 0 aliphatic carbocycles. The Morgan fingerprint density at radius 3 is 1.25 bits per heavy atom. The Morgan fingerprint density at radius 1 is 0.833 bits per heavy atom. The van der Waals surface area contributed by atoms with Gasteiger partial charge in [0.25, 0.3) is 0 Å². The third-order valence-electron chi connectivity index (χ3n) is 1.86. The molecule has 1 heterocycles. The van der Waals surface area contributed by atoms with E-state index in [1.807, 2.05) is 9.80 Å². The first-order valence-corrected chi connectivity index (χ1v) is 4.94. The second-order valence-electron chi connectivity index (χ2n) is 3.49. The predicted octanol–water partition coefficient (Wildman–Crippen LogP) is 1.99. The molecular formula is C8H14N2S2. The van der Waals surface area contributed by atoms with Crippen LogP contribution in [0.1, 0.15) is 27.7 Å². The summed E-state index contributed by atoms with van der Waals surface area (Å²) in [6.07, 6.45) is 0. The van der Waals surface area contributed by atoms with E-state index >= 15 is 0 Å². The largest absolute Gasteiger partial charge is 0.292 e.